The molecule has 0 fully saturated rings. The largest absolute Gasteiger partial charge is 0.514 e. The molecule has 202 valence electrons. The summed E-state index contributed by atoms with van der Waals surface area (Å²) in [5.41, 5.74) is 1.05. The molecule has 0 N–H and O–H groups in total. The van der Waals surface area contributed by atoms with Gasteiger partial charge < -0.3 is 18.9 Å². The standard InChI is InChI=1S/C32H38O6/c1-4-7-9-11-15-21-35-31(33)37-29-25-17-13-14-18-26(25)30(28-23-24(6-3)19-20-27(28)29)38-32(34)36-22-16-12-10-8-5-2/h11-20,23H,4-10,21-22H2,1-3H3/b15-11+,16-12+. The van der Waals surface area contributed by atoms with Gasteiger partial charge in [0, 0.05) is 21.5 Å². The fourth-order valence-electron chi connectivity index (χ4n) is 4.06. The monoisotopic (exact) mass is 518 g/mol. The number of ether oxygens (including phenoxy) is 4. The molecule has 3 rings (SSSR count). The van der Waals surface area contributed by atoms with Crippen LogP contribution in [0.1, 0.15) is 64.9 Å². The first kappa shape index (κ1) is 28.8. The second-order valence-corrected chi connectivity index (χ2v) is 8.99. The summed E-state index contributed by atoms with van der Waals surface area (Å²) in [7, 11) is 0. The Balaban J connectivity index is 1.89. The van der Waals surface area contributed by atoms with E-state index in [0.29, 0.717) is 33.0 Å². The van der Waals surface area contributed by atoms with Crippen molar-refractivity contribution in [3.8, 4) is 11.5 Å². The predicted octanol–water partition coefficient (Wildman–Crippen LogP) is 9.08. The van der Waals surface area contributed by atoms with Crippen molar-refractivity contribution in [1.29, 1.82) is 0 Å². The lowest BCUT2D eigenvalue weighted by molar-refractivity contribution is 0.109. The number of carbonyl (C=O) groups excluding carboxylic acids is 2. The molecular formula is C32H38O6. The highest BCUT2D eigenvalue weighted by atomic mass is 16.7. The van der Waals surface area contributed by atoms with Crippen molar-refractivity contribution in [3.63, 3.8) is 0 Å². The maximum atomic E-state index is 12.6. The second kappa shape index (κ2) is 15.5. The van der Waals surface area contributed by atoms with Gasteiger partial charge >= 0.3 is 12.3 Å². The summed E-state index contributed by atoms with van der Waals surface area (Å²) >= 11 is 0. The Bertz CT molecular complexity index is 1270. The Kier molecular flexibility index (Phi) is 11.7. The van der Waals surface area contributed by atoms with Gasteiger partial charge in [0.2, 0.25) is 0 Å². The highest BCUT2D eigenvalue weighted by Crippen LogP contribution is 2.43. The van der Waals surface area contributed by atoms with Crippen LogP contribution in [-0.2, 0) is 15.9 Å². The molecule has 0 saturated heterocycles. The van der Waals surface area contributed by atoms with E-state index < -0.39 is 12.3 Å². The van der Waals surface area contributed by atoms with Crippen molar-refractivity contribution >= 4 is 33.9 Å². The number of fused-ring (bicyclic) bond motifs is 2. The smallest absolute Gasteiger partial charge is 0.430 e. The molecule has 0 unspecified atom stereocenters. The summed E-state index contributed by atoms with van der Waals surface area (Å²) in [5, 5.41) is 2.55. The van der Waals surface area contributed by atoms with Gasteiger partial charge in [0.1, 0.15) is 24.7 Å². The first-order valence-corrected chi connectivity index (χ1v) is 13.6. The Labute approximate surface area is 225 Å². The van der Waals surface area contributed by atoms with Crippen LogP contribution >= 0.6 is 0 Å². The fraction of sp³-hybridized carbons (Fsp3) is 0.375. The van der Waals surface area contributed by atoms with E-state index in [1.807, 2.05) is 73.7 Å². The number of hydrogen-bond donors (Lipinski definition) is 0. The minimum absolute atomic E-state index is 0.137. The number of aryl methyl sites for hydroxylation is 1. The molecule has 0 spiro atoms. The SMILES string of the molecule is CCCC/C=C/COC(=O)Oc1c2ccccc2c(OC(=O)OC/C=C/CCCC)c2cc(CC)ccc12. The molecule has 0 atom stereocenters. The van der Waals surface area contributed by atoms with Crippen molar-refractivity contribution in [2.45, 2.75) is 65.7 Å². The minimum Gasteiger partial charge on any atom is -0.430 e. The summed E-state index contributed by atoms with van der Waals surface area (Å²) in [4.78, 5) is 25.2. The van der Waals surface area contributed by atoms with Crippen LogP contribution in [-0.4, -0.2) is 25.5 Å². The molecule has 0 aliphatic heterocycles. The van der Waals surface area contributed by atoms with Crippen LogP contribution in [0.15, 0.2) is 66.8 Å². The molecule has 3 aromatic rings. The number of benzene rings is 3. The molecule has 0 aliphatic carbocycles. The van der Waals surface area contributed by atoms with E-state index in [4.69, 9.17) is 18.9 Å². The Morgan fingerprint density at radius 1 is 0.658 bits per heavy atom. The molecule has 0 radical (unpaired) electrons. The third-order valence-electron chi connectivity index (χ3n) is 6.15. The maximum Gasteiger partial charge on any atom is 0.514 e. The number of carbonyl (C=O) groups is 2. The van der Waals surface area contributed by atoms with Crippen LogP contribution in [0.2, 0.25) is 0 Å². The van der Waals surface area contributed by atoms with E-state index in [1.54, 1.807) is 0 Å². The molecular weight excluding hydrogens is 480 g/mol. The van der Waals surface area contributed by atoms with E-state index >= 15 is 0 Å². The van der Waals surface area contributed by atoms with E-state index in [0.717, 1.165) is 50.5 Å². The van der Waals surface area contributed by atoms with Crippen molar-refractivity contribution in [3.05, 3.63) is 72.3 Å². The summed E-state index contributed by atoms with van der Waals surface area (Å²) in [6, 6.07) is 13.1. The van der Waals surface area contributed by atoms with Crippen molar-refractivity contribution in [2.24, 2.45) is 0 Å². The second-order valence-electron chi connectivity index (χ2n) is 8.99. The first-order valence-electron chi connectivity index (χ1n) is 13.6. The third-order valence-corrected chi connectivity index (χ3v) is 6.15. The van der Waals surface area contributed by atoms with Gasteiger partial charge in [0.05, 0.1) is 0 Å². The van der Waals surface area contributed by atoms with Crippen LogP contribution in [0.5, 0.6) is 11.5 Å². The van der Waals surface area contributed by atoms with Gasteiger partial charge in [-0.25, -0.2) is 9.59 Å². The Hall–Kier alpha value is -3.80. The number of rotatable bonds is 13. The molecule has 6 heteroatoms. The van der Waals surface area contributed by atoms with E-state index in [2.05, 4.69) is 13.8 Å². The van der Waals surface area contributed by atoms with Gasteiger partial charge in [-0.1, -0.05) is 107 Å². The number of allylic oxidation sites excluding steroid dienone is 2. The molecule has 0 bridgehead atoms. The first-order chi connectivity index (χ1) is 18.6. The van der Waals surface area contributed by atoms with Gasteiger partial charge in [-0.15, -0.1) is 0 Å². The topological polar surface area (TPSA) is 71.1 Å². The normalized spacial score (nSPS) is 11.4. The number of hydrogen-bond acceptors (Lipinski definition) is 6. The third kappa shape index (κ3) is 8.10. The van der Waals surface area contributed by atoms with Crippen LogP contribution in [0.4, 0.5) is 9.59 Å². The molecule has 6 nitrogen and oxygen atoms in total. The van der Waals surface area contributed by atoms with Gasteiger partial charge in [0.15, 0.2) is 0 Å². The molecule has 0 amide bonds. The summed E-state index contributed by atoms with van der Waals surface area (Å²) < 4.78 is 22.1. The van der Waals surface area contributed by atoms with Crippen molar-refractivity contribution < 1.29 is 28.5 Å². The van der Waals surface area contributed by atoms with Crippen LogP contribution in [0.25, 0.3) is 21.5 Å². The van der Waals surface area contributed by atoms with Crippen molar-refractivity contribution in [1.82, 2.24) is 0 Å². The lowest BCUT2D eigenvalue weighted by atomic mass is 9.98. The van der Waals surface area contributed by atoms with Crippen LogP contribution < -0.4 is 9.47 Å². The molecule has 38 heavy (non-hydrogen) atoms. The average molecular weight is 519 g/mol. The van der Waals surface area contributed by atoms with Crippen molar-refractivity contribution in [2.75, 3.05) is 13.2 Å². The van der Waals surface area contributed by atoms with Crippen LogP contribution in [0, 0.1) is 0 Å². The zero-order valence-corrected chi connectivity index (χ0v) is 22.7. The van der Waals surface area contributed by atoms with E-state index in [-0.39, 0.29) is 13.2 Å². The maximum absolute atomic E-state index is 12.6. The molecule has 0 aromatic heterocycles. The van der Waals surface area contributed by atoms with Gasteiger partial charge in [0.25, 0.3) is 0 Å². The number of unbranched alkanes of at least 4 members (excludes halogenated alkanes) is 4. The molecule has 0 saturated carbocycles. The van der Waals surface area contributed by atoms with Crippen LogP contribution in [0.3, 0.4) is 0 Å². The summed E-state index contributed by atoms with van der Waals surface area (Å²) in [6.45, 7) is 6.58. The fourth-order valence-corrected chi connectivity index (χ4v) is 4.06. The summed E-state index contributed by atoms with van der Waals surface area (Å²) in [6.07, 6.45) is 13.2. The average Bonchev–Trinajstić information content (AvgIpc) is 2.94. The Morgan fingerprint density at radius 3 is 1.66 bits per heavy atom. The Morgan fingerprint density at radius 2 is 1.16 bits per heavy atom. The zero-order chi connectivity index (χ0) is 27.2. The molecule has 0 aliphatic rings. The molecule has 3 aromatic carbocycles. The van der Waals surface area contributed by atoms with Gasteiger partial charge in [-0.3, -0.25) is 0 Å². The lowest BCUT2D eigenvalue weighted by Crippen LogP contribution is -2.13. The zero-order valence-electron chi connectivity index (χ0n) is 22.7. The molecule has 0 heterocycles. The van der Waals surface area contributed by atoms with Gasteiger partial charge in [-0.05, 0) is 30.9 Å². The minimum atomic E-state index is -0.792. The van der Waals surface area contributed by atoms with E-state index in [1.165, 1.54) is 0 Å². The predicted molar refractivity (Wildman–Crippen MR) is 152 cm³/mol. The quantitative estimate of drug-likeness (QED) is 0.0739. The van der Waals surface area contributed by atoms with Gasteiger partial charge in [-0.2, -0.15) is 0 Å². The van der Waals surface area contributed by atoms with E-state index in [9.17, 15) is 9.59 Å². The summed E-state index contributed by atoms with van der Waals surface area (Å²) in [5.74, 6) is 0.725. The lowest BCUT2D eigenvalue weighted by Gasteiger charge is -2.16. The highest BCUT2D eigenvalue weighted by molar-refractivity contribution is 6.12. The highest BCUT2D eigenvalue weighted by Gasteiger charge is 2.21.